The molecule has 1 unspecified atom stereocenters. The van der Waals surface area contributed by atoms with E-state index in [1.807, 2.05) is 32.1 Å². The Morgan fingerprint density at radius 3 is 2.45 bits per heavy atom. The summed E-state index contributed by atoms with van der Waals surface area (Å²) in [6.45, 7) is 5.81. The van der Waals surface area contributed by atoms with Gasteiger partial charge in [-0.05, 0) is 37.3 Å². The van der Waals surface area contributed by atoms with E-state index in [1.54, 1.807) is 13.0 Å². The van der Waals surface area contributed by atoms with Crippen LogP contribution in [0.15, 0.2) is 29.9 Å². The molecule has 2 N–H and O–H groups in total. The third-order valence-corrected chi connectivity index (χ3v) is 5.25. The monoisotopic (exact) mass is 400 g/mol. The maximum absolute atomic E-state index is 12.3. The number of phenols is 1. The van der Waals surface area contributed by atoms with E-state index in [0.717, 1.165) is 30.4 Å². The van der Waals surface area contributed by atoms with E-state index < -0.39 is 11.9 Å². The largest absolute Gasteiger partial charge is 0.507 e. The lowest BCUT2D eigenvalue weighted by atomic mass is 9.92. The van der Waals surface area contributed by atoms with Crippen LogP contribution in [0.1, 0.15) is 74.4 Å². The maximum Gasteiger partial charge on any atom is 0.314 e. The van der Waals surface area contributed by atoms with Gasteiger partial charge in [0.25, 0.3) is 0 Å². The highest BCUT2D eigenvalue weighted by Crippen LogP contribution is 2.38. The van der Waals surface area contributed by atoms with Gasteiger partial charge in [0.1, 0.15) is 24.0 Å². The highest BCUT2D eigenvalue weighted by atomic mass is 16.5. The van der Waals surface area contributed by atoms with Crippen LogP contribution < -0.4 is 4.74 Å². The number of aromatic hydroxyl groups is 1. The summed E-state index contributed by atoms with van der Waals surface area (Å²) in [5.41, 5.74) is 2.64. The minimum absolute atomic E-state index is 0.00292. The van der Waals surface area contributed by atoms with Gasteiger partial charge in [0.15, 0.2) is 5.78 Å². The molecule has 0 bridgehead atoms. The topological polar surface area (TPSA) is 83.8 Å². The van der Waals surface area contributed by atoms with Crippen LogP contribution in [0.25, 0.3) is 0 Å². The number of phenolic OH excluding ortho intramolecular Hbond substituents is 1. The molecule has 29 heavy (non-hydrogen) atoms. The highest BCUT2D eigenvalue weighted by Gasteiger charge is 2.26. The van der Waals surface area contributed by atoms with E-state index in [2.05, 4.69) is 0 Å². The Morgan fingerprint density at radius 1 is 1.17 bits per heavy atom. The van der Waals surface area contributed by atoms with Crippen molar-refractivity contribution in [1.82, 2.24) is 0 Å². The number of Topliss-reactive ketones (excluding diaryl/α,β-unsaturated/α-hetero) is 1. The lowest BCUT2D eigenvalue weighted by molar-refractivity contribution is -0.141. The number of allylic oxidation sites excluding steroid dienone is 3. The summed E-state index contributed by atoms with van der Waals surface area (Å²) >= 11 is 0. The van der Waals surface area contributed by atoms with Crippen molar-refractivity contribution in [2.45, 2.75) is 65.7 Å². The Morgan fingerprint density at radius 2 is 1.90 bits per heavy atom. The zero-order chi connectivity index (χ0) is 21.4. The Labute approximate surface area is 173 Å². The van der Waals surface area contributed by atoms with Crippen molar-refractivity contribution in [3.63, 3.8) is 0 Å². The molecule has 0 saturated carbocycles. The zero-order valence-electron chi connectivity index (χ0n) is 17.7. The SMILES string of the molecule is CCCc1cc(C(=O)CC)c(O)c(CCC)c1OCC(C(=O)O)C1=CC=CCC1. The van der Waals surface area contributed by atoms with Gasteiger partial charge < -0.3 is 14.9 Å². The number of aryl methyl sites for hydroxylation is 1. The third-order valence-electron chi connectivity index (χ3n) is 5.25. The van der Waals surface area contributed by atoms with Gasteiger partial charge in [0, 0.05) is 12.0 Å². The van der Waals surface area contributed by atoms with Crippen molar-refractivity contribution in [3.8, 4) is 11.5 Å². The summed E-state index contributed by atoms with van der Waals surface area (Å²) in [5.74, 6) is -1.24. The average Bonchev–Trinajstić information content (AvgIpc) is 2.72. The van der Waals surface area contributed by atoms with Crippen LogP contribution in [0, 0.1) is 5.92 Å². The minimum atomic E-state index is -0.914. The number of carboxylic acid groups (broad SMARTS) is 1. The second kappa shape index (κ2) is 10.8. The summed E-state index contributed by atoms with van der Waals surface area (Å²) < 4.78 is 6.08. The molecule has 0 amide bonds. The van der Waals surface area contributed by atoms with Gasteiger partial charge in [-0.15, -0.1) is 0 Å². The Bertz CT molecular complexity index is 804. The van der Waals surface area contributed by atoms with Gasteiger partial charge in [0.05, 0.1) is 5.56 Å². The van der Waals surface area contributed by atoms with Crippen molar-refractivity contribution in [1.29, 1.82) is 0 Å². The first kappa shape index (κ1) is 22.7. The molecule has 5 heteroatoms. The number of carboxylic acids is 1. The number of ketones is 1. The number of hydrogen-bond donors (Lipinski definition) is 2. The molecule has 0 fully saturated rings. The van der Waals surface area contributed by atoms with Crippen LogP contribution in [0.3, 0.4) is 0 Å². The number of hydrogen-bond acceptors (Lipinski definition) is 4. The maximum atomic E-state index is 12.3. The van der Waals surface area contributed by atoms with Crippen molar-refractivity contribution in [2.75, 3.05) is 6.61 Å². The summed E-state index contributed by atoms with van der Waals surface area (Å²) in [7, 11) is 0. The second-order valence-electron chi connectivity index (χ2n) is 7.43. The quantitative estimate of drug-likeness (QED) is 0.496. The normalized spacial score (nSPS) is 14.4. The first-order valence-electron chi connectivity index (χ1n) is 10.6. The molecule has 1 aromatic rings. The van der Waals surface area contributed by atoms with Crippen molar-refractivity contribution in [3.05, 3.63) is 46.6 Å². The molecule has 0 aliphatic heterocycles. The Hall–Kier alpha value is -2.56. The average molecular weight is 401 g/mol. The van der Waals surface area contributed by atoms with Gasteiger partial charge in [-0.2, -0.15) is 0 Å². The molecule has 1 aromatic carbocycles. The van der Waals surface area contributed by atoms with Gasteiger partial charge in [-0.25, -0.2) is 0 Å². The van der Waals surface area contributed by atoms with Gasteiger partial charge in [-0.1, -0.05) is 57.4 Å². The van der Waals surface area contributed by atoms with E-state index >= 15 is 0 Å². The molecule has 1 atom stereocenters. The van der Waals surface area contributed by atoms with E-state index in [0.29, 0.717) is 42.6 Å². The van der Waals surface area contributed by atoms with Crippen LogP contribution in [0.2, 0.25) is 0 Å². The van der Waals surface area contributed by atoms with Crippen LogP contribution in [0.4, 0.5) is 0 Å². The predicted molar refractivity (Wildman–Crippen MR) is 114 cm³/mol. The van der Waals surface area contributed by atoms with Crippen LogP contribution in [-0.4, -0.2) is 28.6 Å². The van der Waals surface area contributed by atoms with E-state index in [4.69, 9.17) is 4.74 Å². The number of ether oxygens (including phenoxy) is 1. The lowest BCUT2D eigenvalue weighted by Gasteiger charge is -2.23. The van der Waals surface area contributed by atoms with E-state index in [9.17, 15) is 19.8 Å². The highest BCUT2D eigenvalue weighted by molar-refractivity contribution is 5.99. The zero-order valence-corrected chi connectivity index (χ0v) is 17.7. The Kier molecular flexibility index (Phi) is 8.50. The summed E-state index contributed by atoms with van der Waals surface area (Å²) in [6, 6.07) is 1.72. The number of benzene rings is 1. The number of rotatable bonds is 11. The molecule has 0 radical (unpaired) electrons. The van der Waals surface area contributed by atoms with Gasteiger partial charge in [0.2, 0.25) is 0 Å². The van der Waals surface area contributed by atoms with Gasteiger partial charge in [-0.3, -0.25) is 9.59 Å². The molecule has 1 aliphatic carbocycles. The summed E-state index contributed by atoms with van der Waals surface area (Å²) in [4.78, 5) is 24.2. The predicted octanol–water partition coefficient (Wildman–Crippen LogP) is 5.25. The molecular weight excluding hydrogens is 368 g/mol. The van der Waals surface area contributed by atoms with E-state index in [-0.39, 0.29) is 18.1 Å². The molecule has 5 nitrogen and oxygen atoms in total. The van der Waals surface area contributed by atoms with E-state index in [1.165, 1.54) is 0 Å². The second-order valence-corrected chi connectivity index (χ2v) is 7.43. The molecule has 0 saturated heterocycles. The molecule has 2 rings (SSSR count). The molecule has 0 aromatic heterocycles. The fraction of sp³-hybridized carbons (Fsp3) is 0.500. The molecule has 0 spiro atoms. The fourth-order valence-electron chi connectivity index (χ4n) is 3.71. The Balaban J connectivity index is 2.44. The molecular formula is C24H32O5. The smallest absolute Gasteiger partial charge is 0.314 e. The number of carbonyl (C=O) groups excluding carboxylic acids is 1. The first-order valence-corrected chi connectivity index (χ1v) is 10.6. The van der Waals surface area contributed by atoms with Crippen molar-refractivity contribution >= 4 is 11.8 Å². The van der Waals surface area contributed by atoms with Crippen LogP contribution >= 0.6 is 0 Å². The third kappa shape index (κ3) is 5.49. The number of carbonyl (C=O) groups is 2. The van der Waals surface area contributed by atoms with Gasteiger partial charge >= 0.3 is 5.97 Å². The standard InChI is InChI=1S/C24H32O5/c1-4-10-17-14-19(21(25)6-3)22(26)18(11-5-2)23(17)29-15-20(24(27)28)16-12-8-7-9-13-16/h7-8,12,14,20,26H,4-6,9-11,13,15H2,1-3H3,(H,27,28). The van der Waals surface area contributed by atoms with Crippen molar-refractivity contribution < 1.29 is 24.5 Å². The van der Waals surface area contributed by atoms with Crippen LogP contribution in [0.5, 0.6) is 11.5 Å². The molecule has 1 aliphatic rings. The number of aliphatic carboxylic acids is 1. The minimum Gasteiger partial charge on any atom is -0.507 e. The molecule has 158 valence electrons. The molecule has 0 heterocycles. The first-order chi connectivity index (χ1) is 13.9. The summed E-state index contributed by atoms with van der Waals surface area (Å²) in [5, 5.41) is 20.5. The fourth-order valence-corrected chi connectivity index (χ4v) is 3.71. The lowest BCUT2D eigenvalue weighted by Crippen LogP contribution is -2.25. The van der Waals surface area contributed by atoms with Crippen LogP contribution in [-0.2, 0) is 17.6 Å². The van der Waals surface area contributed by atoms with Crippen molar-refractivity contribution in [2.24, 2.45) is 5.92 Å². The summed E-state index contributed by atoms with van der Waals surface area (Å²) in [6.07, 6.45) is 10.5.